The van der Waals surface area contributed by atoms with Crippen molar-refractivity contribution in [3.8, 4) is 0 Å². The van der Waals surface area contributed by atoms with Crippen molar-refractivity contribution in [3.05, 3.63) is 56.7 Å². The van der Waals surface area contributed by atoms with E-state index in [1.165, 1.54) is 10.4 Å². The summed E-state index contributed by atoms with van der Waals surface area (Å²) in [5.41, 5.74) is 2.27. The molecule has 1 aliphatic rings. The highest BCUT2D eigenvalue weighted by Crippen LogP contribution is 2.38. The molecule has 5 heteroatoms. The monoisotopic (exact) mass is 349 g/mol. The fourth-order valence-electron chi connectivity index (χ4n) is 3.36. The van der Waals surface area contributed by atoms with Crippen LogP contribution in [0.4, 0.5) is 0 Å². The lowest BCUT2D eigenvalue weighted by atomic mass is 9.94. The van der Waals surface area contributed by atoms with Gasteiger partial charge in [-0.25, -0.2) is 0 Å². The van der Waals surface area contributed by atoms with Crippen molar-refractivity contribution < 1.29 is 9.90 Å². The molecule has 1 aromatic heterocycles. The minimum atomic E-state index is -0.731. The molecular formula is C18H20ClNO2S. The van der Waals surface area contributed by atoms with Crippen molar-refractivity contribution >= 4 is 28.9 Å². The molecule has 3 rings (SSSR count). The molecule has 1 fully saturated rings. The highest BCUT2D eigenvalue weighted by atomic mass is 35.5. The van der Waals surface area contributed by atoms with Gasteiger partial charge in [0.1, 0.15) is 6.04 Å². The lowest BCUT2D eigenvalue weighted by molar-refractivity contribution is -0.145. The lowest BCUT2D eigenvalue weighted by Crippen LogP contribution is -2.46. The molecule has 1 N–H and O–H groups in total. The van der Waals surface area contributed by atoms with Crippen molar-refractivity contribution in [3.63, 3.8) is 0 Å². The summed E-state index contributed by atoms with van der Waals surface area (Å²) < 4.78 is 0. The number of carbonyl (C=O) groups is 1. The van der Waals surface area contributed by atoms with Crippen molar-refractivity contribution in [2.75, 3.05) is 6.54 Å². The second-order valence-corrected chi connectivity index (χ2v) is 7.40. The van der Waals surface area contributed by atoms with Crippen molar-refractivity contribution in [1.82, 2.24) is 4.90 Å². The smallest absolute Gasteiger partial charge is 0.320 e. The Kier molecular flexibility index (Phi) is 5.05. The van der Waals surface area contributed by atoms with Crippen LogP contribution in [0.25, 0.3) is 0 Å². The predicted octanol–water partition coefficient (Wildman–Crippen LogP) is 4.74. The van der Waals surface area contributed by atoms with E-state index < -0.39 is 12.0 Å². The Hall–Kier alpha value is -1.36. The van der Waals surface area contributed by atoms with E-state index in [-0.39, 0.29) is 6.04 Å². The van der Waals surface area contributed by atoms with Crippen LogP contribution in [0.3, 0.4) is 0 Å². The number of carboxylic acid groups (broad SMARTS) is 1. The van der Waals surface area contributed by atoms with Gasteiger partial charge in [-0.2, -0.15) is 0 Å². The molecule has 23 heavy (non-hydrogen) atoms. The Morgan fingerprint density at radius 1 is 1.39 bits per heavy atom. The van der Waals surface area contributed by atoms with Gasteiger partial charge in [0.05, 0.1) is 6.04 Å². The SMILES string of the molecule is Cc1ccsc1C(c1cccc(Cl)c1)N1CCCCC1C(=O)O. The molecule has 122 valence electrons. The van der Waals surface area contributed by atoms with Crippen LogP contribution in [0.2, 0.25) is 5.02 Å². The molecule has 0 bridgehead atoms. The summed E-state index contributed by atoms with van der Waals surface area (Å²) in [6, 6.07) is 9.41. The molecular weight excluding hydrogens is 330 g/mol. The number of thiophene rings is 1. The van der Waals surface area contributed by atoms with Gasteiger partial charge in [0, 0.05) is 9.90 Å². The van der Waals surface area contributed by atoms with Gasteiger partial charge in [0.15, 0.2) is 0 Å². The van der Waals surface area contributed by atoms with Crippen LogP contribution >= 0.6 is 22.9 Å². The molecule has 2 heterocycles. The van der Waals surface area contributed by atoms with E-state index in [1.54, 1.807) is 11.3 Å². The number of carboxylic acids is 1. The number of hydrogen-bond donors (Lipinski definition) is 1. The van der Waals surface area contributed by atoms with Crippen LogP contribution in [0.15, 0.2) is 35.7 Å². The maximum absolute atomic E-state index is 11.8. The van der Waals surface area contributed by atoms with Crippen molar-refractivity contribution in [2.45, 2.75) is 38.3 Å². The van der Waals surface area contributed by atoms with Crippen LogP contribution in [0.5, 0.6) is 0 Å². The Morgan fingerprint density at radius 3 is 2.87 bits per heavy atom. The zero-order valence-electron chi connectivity index (χ0n) is 13.0. The summed E-state index contributed by atoms with van der Waals surface area (Å²) in [7, 11) is 0. The lowest BCUT2D eigenvalue weighted by Gasteiger charge is -2.39. The maximum atomic E-state index is 11.8. The Labute approximate surface area is 145 Å². The summed E-state index contributed by atoms with van der Waals surface area (Å²) in [6.07, 6.45) is 2.71. The summed E-state index contributed by atoms with van der Waals surface area (Å²) in [5.74, 6) is -0.731. The first-order chi connectivity index (χ1) is 11.1. The standard InChI is InChI=1S/C18H20ClNO2S/c1-12-8-10-23-17(12)16(13-5-4-6-14(19)11-13)20-9-3-2-7-15(20)18(21)22/h4-6,8,10-11,15-16H,2-3,7,9H2,1H3,(H,21,22). The number of likely N-dealkylation sites (tertiary alicyclic amines) is 1. The first-order valence-corrected chi connectivity index (χ1v) is 9.11. The Balaban J connectivity index is 2.08. The fraction of sp³-hybridized carbons (Fsp3) is 0.389. The van der Waals surface area contributed by atoms with Crippen molar-refractivity contribution in [1.29, 1.82) is 0 Å². The van der Waals surface area contributed by atoms with Gasteiger partial charge in [-0.1, -0.05) is 30.2 Å². The predicted molar refractivity (Wildman–Crippen MR) is 94.3 cm³/mol. The number of piperidine rings is 1. The highest BCUT2D eigenvalue weighted by Gasteiger charge is 2.36. The third kappa shape index (κ3) is 3.44. The molecule has 2 atom stereocenters. The van der Waals surface area contributed by atoms with E-state index in [1.807, 2.05) is 24.3 Å². The minimum absolute atomic E-state index is 0.0462. The summed E-state index contributed by atoms with van der Waals surface area (Å²) in [4.78, 5) is 15.1. The molecule has 2 unspecified atom stereocenters. The van der Waals surface area contributed by atoms with E-state index in [0.29, 0.717) is 11.4 Å². The Bertz CT molecular complexity index is 700. The van der Waals surface area contributed by atoms with Crippen LogP contribution in [0, 0.1) is 6.92 Å². The molecule has 1 saturated heterocycles. The number of halogens is 1. The molecule has 2 aromatic rings. The van der Waals surface area contributed by atoms with E-state index in [0.717, 1.165) is 24.9 Å². The second kappa shape index (κ2) is 7.04. The number of benzene rings is 1. The second-order valence-electron chi connectivity index (χ2n) is 6.01. The summed E-state index contributed by atoms with van der Waals surface area (Å²) >= 11 is 7.88. The van der Waals surface area contributed by atoms with Gasteiger partial charge in [0.25, 0.3) is 0 Å². The average Bonchev–Trinajstić information content (AvgIpc) is 2.94. The molecule has 0 saturated carbocycles. The summed E-state index contributed by atoms with van der Waals surface area (Å²) in [6.45, 7) is 2.88. The molecule has 1 aromatic carbocycles. The summed E-state index contributed by atoms with van der Waals surface area (Å²) in [5, 5.41) is 12.4. The first kappa shape index (κ1) is 16.5. The van der Waals surface area contributed by atoms with Crippen LogP contribution in [0.1, 0.15) is 41.3 Å². The van der Waals surface area contributed by atoms with E-state index >= 15 is 0 Å². The largest absolute Gasteiger partial charge is 0.480 e. The average molecular weight is 350 g/mol. The third-order valence-corrected chi connectivity index (χ3v) is 5.78. The van der Waals surface area contributed by atoms with Gasteiger partial charge in [-0.05, 0) is 61.0 Å². The highest BCUT2D eigenvalue weighted by molar-refractivity contribution is 7.10. The number of rotatable bonds is 4. The van der Waals surface area contributed by atoms with Gasteiger partial charge >= 0.3 is 5.97 Å². The van der Waals surface area contributed by atoms with Crippen LogP contribution in [-0.2, 0) is 4.79 Å². The Morgan fingerprint density at radius 2 is 2.22 bits per heavy atom. The number of aryl methyl sites for hydroxylation is 1. The van der Waals surface area contributed by atoms with E-state index in [2.05, 4.69) is 23.3 Å². The zero-order chi connectivity index (χ0) is 16.4. The van der Waals surface area contributed by atoms with Crippen molar-refractivity contribution in [2.24, 2.45) is 0 Å². The van der Waals surface area contributed by atoms with Crippen LogP contribution < -0.4 is 0 Å². The fourth-order valence-corrected chi connectivity index (χ4v) is 4.63. The third-order valence-electron chi connectivity index (χ3n) is 4.48. The van der Waals surface area contributed by atoms with Gasteiger partial charge < -0.3 is 5.11 Å². The molecule has 1 aliphatic heterocycles. The molecule has 0 amide bonds. The van der Waals surface area contributed by atoms with Gasteiger partial charge in [-0.3, -0.25) is 9.69 Å². The molecule has 0 radical (unpaired) electrons. The van der Waals surface area contributed by atoms with E-state index in [4.69, 9.17) is 11.6 Å². The zero-order valence-corrected chi connectivity index (χ0v) is 14.6. The van der Waals surface area contributed by atoms with Gasteiger partial charge in [-0.15, -0.1) is 11.3 Å². The number of hydrogen-bond acceptors (Lipinski definition) is 3. The topological polar surface area (TPSA) is 40.5 Å². The number of aliphatic carboxylic acids is 1. The molecule has 0 aliphatic carbocycles. The maximum Gasteiger partial charge on any atom is 0.320 e. The van der Waals surface area contributed by atoms with E-state index in [9.17, 15) is 9.90 Å². The first-order valence-electron chi connectivity index (χ1n) is 7.86. The number of nitrogens with zero attached hydrogens (tertiary/aromatic N) is 1. The molecule has 3 nitrogen and oxygen atoms in total. The van der Waals surface area contributed by atoms with Crippen LogP contribution in [-0.4, -0.2) is 28.6 Å². The molecule has 0 spiro atoms. The minimum Gasteiger partial charge on any atom is -0.480 e. The van der Waals surface area contributed by atoms with Gasteiger partial charge in [0.2, 0.25) is 0 Å². The quantitative estimate of drug-likeness (QED) is 0.866. The normalized spacial score (nSPS) is 20.3.